The van der Waals surface area contributed by atoms with Crippen molar-refractivity contribution in [2.75, 3.05) is 7.11 Å². The van der Waals surface area contributed by atoms with Gasteiger partial charge in [-0.05, 0) is 13.3 Å². The number of hydrogen-bond acceptors (Lipinski definition) is 3. The molecule has 1 aliphatic carbocycles. The van der Waals surface area contributed by atoms with Gasteiger partial charge in [0.1, 0.15) is 11.5 Å². The first-order valence-electron chi connectivity index (χ1n) is 5.24. The third kappa shape index (κ3) is 2.97. The van der Waals surface area contributed by atoms with Crippen molar-refractivity contribution in [3.63, 3.8) is 0 Å². The normalized spacial score (nSPS) is 15.4. The molecule has 1 aliphatic rings. The third-order valence-corrected chi connectivity index (χ3v) is 2.45. The molecular weight excluding hydrogens is 216 g/mol. The summed E-state index contributed by atoms with van der Waals surface area (Å²) in [5, 5.41) is 0. The van der Waals surface area contributed by atoms with Crippen LogP contribution in [-0.2, 0) is 14.3 Å². The van der Waals surface area contributed by atoms with Crippen molar-refractivity contribution in [2.24, 2.45) is 0 Å². The topological polar surface area (TPSA) is 35.5 Å². The van der Waals surface area contributed by atoms with Gasteiger partial charge in [-0.1, -0.05) is 25.3 Å². The summed E-state index contributed by atoms with van der Waals surface area (Å²) in [5.41, 5.74) is 1.44. The summed E-state index contributed by atoms with van der Waals surface area (Å²) in [7, 11) is 1.56. The minimum absolute atomic E-state index is 0.0323. The van der Waals surface area contributed by atoms with E-state index in [4.69, 9.17) is 9.47 Å². The fourth-order valence-electron chi connectivity index (χ4n) is 1.58. The van der Waals surface area contributed by atoms with Crippen molar-refractivity contribution in [3.05, 3.63) is 60.3 Å². The molecule has 0 atom stereocenters. The lowest BCUT2D eigenvalue weighted by Crippen LogP contribution is -2.00. The van der Waals surface area contributed by atoms with E-state index in [1.165, 1.54) is 13.2 Å². The van der Waals surface area contributed by atoms with Gasteiger partial charge in [0.2, 0.25) is 0 Å². The van der Waals surface area contributed by atoms with Crippen LogP contribution in [0, 0.1) is 0 Å². The van der Waals surface area contributed by atoms with E-state index in [2.05, 4.69) is 13.2 Å². The highest BCUT2D eigenvalue weighted by Gasteiger charge is 2.16. The summed E-state index contributed by atoms with van der Waals surface area (Å²) >= 11 is 0. The molecule has 3 heteroatoms. The Kier molecular flexibility index (Phi) is 4.52. The Hall–Kier alpha value is -2.03. The zero-order valence-corrected chi connectivity index (χ0v) is 10.2. The second-order valence-electron chi connectivity index (χ2n) is 3.46. The average molecular weight is 232 g/mol. The van der Waals surface area contributed by atoms with Gasteiger partial charge < -0.3 is 9.47 Å². The number of Topliss-reactive ketones (excluding diaryl/α,β-unsaturated/α-hetero) is 1. The second kappa shape index (κ2) is 5.89. The molecule has 0 aromatic rings. The Morgan fingerprint density at radius 2 is 2.18 bits per heavy atom. The molecule has 0 aromatic carbocycles. The molecule has 0 amide bonds. The van der Waals surface area contributed by atoms with Crippen LogP contribution in [0.15, 0.2) is 60.3 Å². The first-order valence-corrected chi connectivity index (χ1v) is 5.24. The van der Waals surface area contributed by atoms with Crippen molar-refractivity contribution in [3.8, 4) is 0 Å². The lowest BCUT2D eigenvalue weighted by molar-refractivity contribution is -0.113. The Morgan fingerprint density at radius 3 is 2.65 bits per heavy atom. The fraction of sp³-hybridized carbons (Fsp3) is 0.214. The minimum atomic E-state index is -0.0323. The summed E-state index contributed by atoms with van der Waals surface area (Å²) in [6, 6.07) is 0. The molecule has 0 unspecified atom stereocenters. The lowest BCUT2D eigenvalue weighted by Gasteiger charge is -2.07. The van der Waals surface area contributed by atoms with Gasteiger partial charge in [-0.15, -0.1) is 0 Å². The van der Waals surface area contributed by atoms with Gasteiger partial charge in [-0.2, -0.15) is 0 Å². The van der Waals surface area contributed by atoms with Crippen molar-refractivity contribution in [1.82, 2.24) is 0 Å². The maximum Gasteiger partial charge on any atom is 0.159 e. The molecule has 0 radical (unpaired) electrons. The van der Waals surface area contributed by atoms with Crippen molar-refractivity contribution in [1.29, 1.82) is 0 Å². The first kappa shape index (κ1) is 13.0. The number of rotatable bonds is 5. The number of carbonyl (C=O) groups excluding carboxylic acids is 1. The highest BCUT2D eigenvalue weighted by atomic mass is 16.5. The molecule has 0 bridgehead atoms. The van der Waals surface area contributed by atoms with E-state index in [1.54, 1.807) is 19.3 Å². The minimum Gasteiger partial charge on any atom is -0.496 e. The zero-order valence-electron chi connectivity index (χ0n) is 10.2. The van der Waals surface area contributed by atoms with Crippen LogP contribution in [0.1, 0.15) is 13.3 Å². The van der Waals surface area contributed by atoms with Crippen molar-refractivity contribution < 1.29 is 14.3 Å². The number of allylic oxidation sites excluding steroid dienone is 4. The average Bonchev–Trinajstić information content (AvgIpc) is 2.48. The number of ketones is 1. The van der Waals surface area contributed by atoms with E-state index in [0.717, 1.165) is 5.57 Å². The van der Waals surface area contributed by atoms with E-state index < -0.39 is 0 Å². The van der Waals surface area contributed by atoms with E-state index in [0.29, 0.717) is 23.5 Å². The van der Waals surface area contributed by atoms with Crippen LogP contribution >= 0.6 is 0 Å². The molecule has 0 N–H and O–H groups in total. The molecule has 1 rings (SSSR count). The molecule has 0 fully saturated rings. The van der Waals surface area contributed by atoms with Gasteiger partial charge in [0.25, 0.3) is 0 Å². The van der Waals surface area contributed by atoms with Gasteiger partial charge in [-0.25, -0.2) is 0 Å². The van der Waals surface area contributed by atoms with Crippen LogP contribution in [0.5, 0.6) is 0 Å². The molecule has 0 spiro atoms. The van der Waals surface area contributed by atoms with Crippen LogP contribution < -0.4 is 0 Å². The van der Waals surface area contributed by atoms with Crippen LogP contribution in [0.4, 0.5) is 0 Å². The van der Waals surface area contributed by atoms with E-state index >= 15 is 0 Å². The summed E-state index contributed by atoms with van der Waals surface area (Å²) < 4.78 is 10.5. The van der Waals surface area contributed by atoms with Gasteiger partial charge in [0.05, 0.1) is 13.4 Å². The standard InChI is InChI=1S/C14H16O3/c1-5-11-7-8-12(10(3)15)14(17-6-2)9-13(11)16-4/h5-7,9H,1-2,8H2,3-4H3. The SMILES string of the molecule is C=COC1=C(C(C)=O)CC=C(C=C)C(OC)=C1. The Bertz CT molecular complexity index is 436. The highest BCUT2D eigenvalue weighted by molar-refractivity contribution is 5.94. The number of ether oxygens (including phenoxy) is 2. The fourth-order valence-corrected chi connectivity index (χ4v) is 1.58. The van der Waals surface area contributed by atoms with Crippen molar-refractivity contribution >= 4 is 5.78 Å². The number of carbonyl (C=O) groups is 1. The lowest BCUT2D eigenvalue weighted by atomic mass is 10.1. The van der Waals surface area contributed by atoms with Crippen LogP contribution in [0.3, 0.4) is 0 Å². The quantitative estimate of drug-likeness (QED) is 0.683. The van der Waals surface area contributed by atoms with Crippen LogP contribution in [0.2, 0.25) is 0 Å². The molecule has 3 nitrogen and oxygen atoms in total. The zero-order chi connectivity index (χ0) is 12.8. The molecule has 0 saturated carbocycles. The monoisotopic (exact) mass is 232 g/mol. The molecule has 0 aromatic heterocycles. The van der Waals surface area contributed by atoms with Crippen LogP contribution in [0.25, 0.3) is 0 Å². The second-order valence-corrected chi connectivity index (χ2v) is 3.46. The largest absolute Gasteiger partial charge is 0.496 e. The summed E-state index contributed by atoms with van der Waals surface area (Å²) in [6.07, 6.45) is 7.03. The van der Waals surface area contributed by atoms with Gasteiger partial charge >= 0.3 is 0 Å². The Balaban J connectivity index is 3.28. The molecular formula is C14H16O3. The summed E-state index contributed by atoms with van der Waals surface area (Å²) in [4.78, 5) is 11.5. The van der Waals surface area contributed by atoms with E-state index in [1.807, 2.05) is 6.08 Å². The third-order valence-electron chi connectivity index (χ3n) is 2.45. The number of hydrogen-bond donors (Lipinski definition) is 0. The summed E-state index contributed by atoms with van der Waals surface area (Å²) in [6.45, 7) is 8.71. The van der Waals surface area contributed by atoms with Crippen molar-refractivity contribution in [2.45, 2.75) is 13.3 Å². The van der Waals surface area contributed by atoms with Gasteiger partial charge in [-0.3, -0.25) is 4.79 Å². The Labute approximate surface area is 101 Å². The summed E-state index contributed by atoms with van der Waals surface area (Å²) in [5.74, 6) is 1.06. The molecule has 0 aliphatic heterocycles. The highest BCUT2D eigenvalue weighted by Crippen LogP contribution is 2.25. The van der Waals surface area contributed by atoms with E-state index in [9.17, 15) is 4.79 Å². The molecule has 0 saturated heterocycles. The predicted molar refractivity (Wildman–Crippen MR) is 67.0 cm³/mol. The van der Waals surface area contributed by atoms with Gasteiger partial charge in [0, 0.05) is 17.2 Å². The smallest absolute Gasteiger partial charge is 0.159 e. The van der Waals surface area contributed by atoms with Crippen LogP contribution in [-0.4, -0.2) is 12.9 Å². The first-order chi connectivity index (χ1) is 8.13. The number of methoxy groups -OCH3 is 1. The molecule has 90 valence electrons. The molecule has 17 heavy (non-hydrogen) atoms. The maximum absolute atomic E-state index is 11.5. The molecule has 0 heterocycles. The van der Waals surface area contributed by atoms with Gasteiger partial charge in [0.15, 0.2) is 5.78 Å². The van der Waals surface area contributed by atoms with E-state index in [-0.39, 0.29) is 5.78 Å². The predicted octanol–water partition coefficient (Wildman–Crippen LogP) is 3.04. The Morgan fingerprint density at radius 1 is 1.47 bits per heavy atom. The maximum atomic E-state index is 11.5.